The topological polar surface area (TPSA) is 66.8 Å². The van der Waals surface area contributed by atoms with Gasteiger partial charge in [-0.1, -0.05) is 5.57 Å². The molecular formula is C8H14O4. The fourth-order valence-electron chi connectivity index (χ4n) is 0.826. The van der Waals surface area contributed by atoms with Gasteiger partial charge in [0.1, 0.15) is 0 Å². The lowest BCUT2D eigenvalue weighted by Gasteiger charge is -2.17. The van der Waals surface area contributed by atoms with Crippen LogP contribution in [0.5, 0.6) is 0 Å². The van der Waals surface area contributed by atoms with Crippen LogP contribution in [-0.4, -0.2) is 35.5 Å². The van der Waals surface area contributed by atoms with Gasteiger partial charge >= 0.3 is 5.97 Å². The van der Waals surface area contributed by atoms with E-state index in [1.165, 1.54) is 7.11 Å². The molecule has 12 heavy (non-hydrogen) atoms. The predicted molar refractivity (Wildman–Crippen MR) is 43.9 cm³/mol. The van der Waals surface area contributed by atoms with E-state index in [4.69, 9.17) is 14.9 Å². The minimum absolute atomic E-state index is 0.351. The molecule has 0 unspecified atom stereocenters. The van der Waals surface area contributed by atoms with E-state index in [-0.39, 0.29) is 0 Å². The summed E-state index contributed by atoms with van der Waals surface area (Å²) in [4.78, 5) is 10.3. The van der Waals surface area contributed by atoms with Crippen LogP contribution in [0.2, 0.25) is 0 Å². The fraction of sp³-hybridized carbons (Fsp3) is 0.625. The van der Waals surface area contributed by atoms with Crippen LogP contribution in [0.15, 0.2) is 12.2 Å². The van der Waals surface area contributed by atoms with Gasteiger partial charge in [0, 0.05) is 7.11 Å². The van der Waals surface area contributed by atoms with Gasteiger partial charge in [0.05, 0.1) is 6.10 Å². The number of carboxylic acid groups (broad SMARTS) is 1. The summed E-state index contributed by atoms with van der Waals surface area (Å²) in [5.74, 6) is -1.27. The highest BCUT2D eigenvalue weighted by Crippen LogP contribution is 2.09. The first-order valence-electron chi connectivity index (χ1n) is 3.57. The summed E-state index contributed by atoms with van der Waals surface area (Å²) in [6.07, 6.45) is -1.84. The summed E-state index contributed by atoms with van der Waals surface area (Å²) in [5, 5.41) is 17.5. The Hall–Kier alpha value is -0.870. The van der Waals surface area contributed by atoms with E-state index in [1.54, 1.807) is 6.92 Å². The number of carboxylic acids is 1. The molecule has 0 aliphatic rings. The predicted octanol–water partition coefficient (Wildman–Crippen LogP) is 0.413. The molecular weight excluding hydrogens is 160 g/mol. The Morgan fingerprint density at radius 2 is 2.17 bits per heavy atom. The van der Waals surface area contributed by atoms with Crippen molar-refractivity contribution in [2.75, 3.05) is 7.11 Å². The van der Waals surface area contributed by atoms with Crippen LogP contribution in [0.25, 0.3) is 0 Å². The number of aliphatic hydroxyl groups excluding tert-OH is 1. The van der Waals surface area contributed by atoms with E-state index >= 15 is 0 Å². The molecule has 0 fully saturated rings. The zero-order chi connectivity index (χ0) is 9.72. The van der Waals surface area contributed by atoms with E-state index in [2.05, 4.69) is 6.58 Å². The van der Waals surface area contributed by atoms with E-state index in [0.717, 1.165) is 5.57 Å². The van der Waals surface area contributed by atoms with Crippen LogP contribution in [-0.2, 0) is 9.53 Å². The quantitative estimate of drug-likeness (QED) is 0.592. The van der Waals surface area contributed by atoms with Gasteiger partial charge in [-0.05, 0) is 13.3 Å². The molecule has 0 aromatic heterocycles. The maximum absolute atomic E-state index is 10.3. The third kappa shape index (κ3) is 3.50. The van der Waals surface area contributed by atoms with Gasteiger partial charge in [0.15, 0.2) is 6.10 Å². The Morgan fingerprint density at radius 1 is 1.67 bits per heavy atom. The third-order valence-electron chi connectivity index (χ3n) is 1.46. The molecule has 0 saturated carbocycles. The van der Waals surface area contributed by atoms with Gasteiger partial charge in [-0.2, -0.15) is 0 Å². The second-order valence-electron chi connectivity index (χ2n) is 2.72. The Balaban J connectivity index is 4.14. The summed E-state index contributed by atoms with van der Waals surface area (Å²) in [6, 6.07) is 0. The minimum atomic E-state index is -1.48. The van der Waals surface area contributed by atoms with Crippen molar-refractivity contribution >= 4 is 5.97 Å². The zero-order valence-electron chi connectivity index (χ0n) is 7.28. The number of ether oxygens (including phenoxy) is 1. The van der Waals surface area contributed by atoms with E-state index in [9.17, 15) is 4.79 Å². The Kier molecular flexibility index (Phi) is 4.54. The first-order chi connectivity index (χ1) is 5.49. The first kappa shape index (κ1) is 11.1. The molecule has 2 N–H and O–H groups in total. The summed E-state index contributed by atoms with van der Waals surface area (Å²) in [7, 11) is 1.36. The highest BCUT2D eigenvalue weighted by atomic mass is 16.5. The molecule has 0 rings (SSSR count). The first-order valence-corrected chi connectivity index (χ1v) is 3.57. The third-order valence-corrected chi connectivity index (χ3v) is 1.46. The number of methoxy groups -OCH3 is 1. The number of hydrogen-bond acceptors (Lipinski definition) is 3. The Bertz CT molecular complexity index is 176. The van der Waals surface area contributed by atoms with Crippen molar-refractivity contribution in [3.8, 4) is 0 Å². The summed E-state index contributed by atoms with van der Waals surface area (Å²) < 4.78 is 4.79. The van der Waals surface area contributed by atoms with Crippen molar-refractivity contribution in [2.24, 2.45) is 0 Å². The number of carbonyl (C=O) groups is 1. The highest BCUT2D eigenvalue weighted by molar-refractivity contribution is 5.72. The van der Waals surface area contributed by atoms with Crippen molar-refractivity contribution < 1.29 is 19.7 Å². The SMILES string of the molecule is C=C(C)C[C@@H](OC)[C@H](O)C(=O)O. The standard InChI is InChI=1S/C8H14O4/c1-5(2)4-6(12-3)7(9)8(10)11/h6-7,9H,1,4H2,2-3H3,(H,10,11)/t6-,7+/m1/s1. The Morgan fingerprint density at radius 3 is 2.42 bits per heavy atom. The van der Waals surface area contributed by atoms with Crippen LogP contribution in [0.3, 0.4) is 0 Å². The molecule has 0 saturated heterocycles. The molecule has 0 spiro atoms. The average molecular weight is 174 g/mol. The smallest absolute Gasteiger partial charge is 0.335 e. The molecule has 0 aliphatic heterocycles. The monoisotopic (exact) mass is 174 g/mol. The fourth-order valence-corrected chi connectivity index (χ4v) is 0.826. The van der Waals surface area contributed by atoms with Gasteiger partial charge < -0.3 is 14.9 Å². The minimum Gasteiger partial charge on any atom is -0.479 e. The van der Waals surface area contributed by atoms with Gasteiger partial charge in [-0.25, -0.2) is 4.79 Å². The van der Waals surface area contributed by atoms with Gasteiger partial charge in [-0.15, -0.1) is 6.58 Å². The van der Waals surface area contributed by atoms with Crippen LogP contribution < -0.4 is 0 Å². The molecule has 4 heteroatoms. The molecule has 70 valence electrons. The molecule has 0 amide bonds. The maximum Gasteiger partial charge on any atom is 0.335 e. The second-order valence-corrected chi connectivity index (χ2v) is 2.72. The maximum atomic E-state index is 10.3. The number of rotatable bonds is 5. The molecule has 0 bridgehead atoms. The number of aliphatic carboxylic acids is 1. The molecule has 0 radical (unpaired) electrons. The number of hydrogen-bond donors (Lipinski definition) is 2. The highest BCUT2D eigenvalue weighted by Gasteiger charge is 2.25. The van der Waals surface area contributed by atoms with Gasteiger partial charge in [0.25, 0.3) is 0 Å². The van der Waals surface area contributed by atoms with Crippen molar-refractivity contribution in [3.05, 3.63) is 12.2 Å². The van der Waals surface area contributed by atoms with Crippen molar-refractivity contribution in [1.82, 2.24) is 0 Å². The molecule has 0 aromatic rings. The largest absolute Gasteiger partial charge is 0.479 e. The van der Waals surface area contributed by atoms with Crippen LogP contribution in [0.4, 0.5) is 0 Å². The normalized spacial score (nSPS) is 15.2. The Labute approximate surface area is 71.5 Å². The lowest BCUT2D eigenvalue weighted by molar-refractivity contribution is -0.154. The van der Waals surface area contributed by atoms with E-state index < -0.39 is 18.2 Å². The molecule has 0 aliphatic carbocycles. The summed E-state index contributed by atoms with van der Waals surface area (Å²) in [6.45, 7) is 5.35. The summed E-state index contributed by atoms with van der Waals surface area (Å²) in [5.41, 5.74) is 0.780. The number of aliphatic hydroxyl groups is 1. The average Bonchev–Trinajstić information content (AvgIpc) is 1.98. The molecule has 0 heterocycles. The van der Waals surface area contributed by atoms with Crippen LogP contribution in [0, 0.1) is 0 Å². The van der Waals surface area contributed by atoms with Crippen molar-refractivity contribution in [1.29, 1.82) is 0 Å². The van der Waals surface area contributed by atoms with Gasteiger partial charge in [0.2, 0.25) is 0 Å². The summed E-state index contributed by atoms with van der Waals surface area (Å²) >= 11 is 0. The molecule has 4 nitrogen and oxygen atoms in total. The van der Waals surface area contributed by atoms with Crippen molar-refractivity contribution in [3.63, 3.8) is 0 Å². The van der Waals surface area contributed by atoms with Crippen LogP contribution in [0.1, 0.15) is 13.3 Å². The van der Waals surface area contributed by atoms with Crippen molar-refractivity contribution in [2.45, 2.75) is 25.6 Å². The lowest BCUT2D eigenvalue weighted by Crippen LogP contribution is -2.35. The molecule has 2 atom stereocenters. The van der Waals surface area contributed by atoms with Crippen LogP contribution >= 0.6 is 0 Å². The lowest BCUT2D eigenvalue weighted by atomic mass is 10.1. The van der Waals surface area contributed by atoms with Gasteiger partial charge in [-0.3, -0.25) is 0 Å². The molecule has 0 aromatic carbocycles. The van der Waals surface area contributed by atoms with E-state index in [1.807, 2.05) is 0 Å². The zero-order valence-corrected chi connectivity index (χ0v) is 7.28. The second kappa shape index (κ2) is 4.90. The van der Waals surface area contributed by atoms with E-state index in [0.29, 0.717) is 6.42 Å².